The molecule has 0 radical (unpaired) electrons. The molecule has 21 heavy (non-hydrogen) atoms. The normalized spacial score (nSPS) is 28.8. The van der Waals surface area contributed by atoms with E-state index < -0.39 is 10.0 Å². The smallest absolute Gasteiger partial charge is 0.238 e. The van der Waals surface area contributed by atoms with Crippen LogP contribution in [0.3, 0.4) is 0 Å². The summed E-state index contributed by atoms with van der Waals surface area (Å²) in [6.45, 7) is 4.16. The van der Waals surface area contributed by atoms with Crippen molar-refractivity contribution in [2.75, 3.05) is 5.32 Å². The quantitative estimate of drug-likeness (QED) is 0.840. The Balaban J connectivity index is 1.80. The van der Waals surface area contributed by atoms with Gasteiger partial charge in [-0.3, -0.25) is 0 Å². The van der Waals surface area contributed by atoms with Crippen molar-refractivity contribution in [1.29, 1.82) is 0 Å². The van der Waals surface area contributed by atoms with Crippen LogP contribution in [0.4, 0.5) is 5.69 Å². The SMILES string of the molecule is Cc1ccc(S(N)(=O)=O)cc1NC(C)C1CC2C=CC1C2. The number of fused-ring (bicyclic) bond motifs is 2. The average molecular weight is 306 g/mol. The molecule has 1 fully saturated rings. The summed E-state index contributed by atoms with van der Waals surface area (Å²) < 4.78 is 23.0. The van der Waals surface area contributed by atoms with Crippen molar-refractivity contribution in [2.24, 2.45) is 22.9 Å². The van der Waals surface area contributed by atoms with Crippen LogP contribution in [0.1, 0.15) is 25.3 Å². The number of allylic oxidation sites excluding steroid dienone is 2. The highest BCUT2D eigenvalue weighted by molar-refractivity contribution is 7.89. The Morgan fingerprint density at radius 3 is 2.62 bits per heavy atom. The third kappa shape index (κ3) is 2.85. The predicted octanol–water partition coefficient (Wildman–Crippen LogP) is 2.66. The molecule has 1 saturated carbocycles. The van der Waals surface area contributed by atoms with Gasteiger partial charge in [0, 0.05) is 11.7 Å². The molecular formula is C16H22N2O2S. The number of hydrogen-bond acceptors (Lipinski definition) is 3. The van der Waals surface area contributed by atoms with Gasteiger partial charge in [-0.15, -0.1) is 0 Å². The Morgan fingerprint density at radius 2 is 2.05 bits per heavy atom. The van der Waals surface area contributed by atoms with Gasteiger partial charge in [-0.05, 0) is 62.1 Å². The molecule has 0 heterocycles. The lowest BCUT2D eigenvalue weighted by Gasteiger charge is -2.28. The van der Waals surface area contributed by atoms with Gasteiger partial charge in [0.1, 0.15) is 0 Å². The molecule has 2 bridgehead atoms. The standard InChI is InChI=1S/C16H22N2O2S/c1-10-3-6-14(21(17,19)20)9-16(10)18-11(2)15-8-12-4-5-13(15)7-12/h3-6,9,11-13,15,18H,7-8H2,1-2H3,(H2,17,19,20). The summed E-state index contributed by atoms with van der Waals surface area (Å²) >= 11 is 0. The summed E-state index contributed by atoms with van der Waals surface area (Å²) in [6.07, 6.45) is 7.17. The molecular weight excluding hydrogens is 284 g/mol. The van der Waals surface area contributed by atoms with E-state index in [1.54, 1.807) is 18.2 Å². The molecule has 0 spiro atoms. The van der Waals surface area contributed by atoms with Crippen LogP contribution in [-0.4, -0.2) is 14.5 Å². The largest absolute Gasteiger partial charge is 0.382 e. The first-order valence-corrected chi connectivity index (χ1v) is 8.97. The Labute approximate surface area is 126 Å². The summed E-state index contributed by atoms with van der Waals surface area (Å²) in [7, 11) is -3.66. The molecule has 2 aliphatic carbocycles. The number of benzene rings is 1. The van der Waals surface area contributed by atoms with Crippen molar-refractivity contribution in [3.63, 3.8) is 0 Å². The zero-order valence-electron chi connectivity index (χ0n) is 12.4. The Bertz CT molecular complexity index is 682. The number of rotatable bonds is 4. The van der Waals surface area contributed by atoms with E-state index in [4.69, 9.17) is 5.14 Å². The minimum Gasteiger partial charge on any atom is -0.382 e. The van der Waals surface area contributed by atoms with Crippen molar-refractivity contribution in [3.8, 4) is 0 Å². The van der Waals surface area contributed by atoms with E-state index in [1.165, 1.54) is 12.8 Å². The summed E-state index contributed by atoms with van der Waals surface area (Å²) in [5.74, 6) is 2.03. The molecule has 4 unspecified atom stereocenters. The van der Waals surface area contributed by atoms with Gasteiger partial charge in [0.15, 0.2) is 0 Å². The second kappa shape index (κ2) is 5.14. The predicted molar refractivity (Wildman–Crippen MR) is 84.5 cm³/mol. The average Bonchev–Trinajstić information content (AvgIpc) is 3.02. The third-order valence-corrected chi connectivity index (χ3v) is 5.80. The fraction of sp³-hybridized carbons (Fsp3) is 0.500. The van der Waals surface area contributed by atoms with Crippen LogP contribution in [-0.2, 0) is 10.0 Å². The van der Waals surface area contributed by atoms with Crippen LogP contribution >= 0.6 is 0 Å². The summed E-state index contributed by atoms with van der Waals surface area (Å²) in [5.41, 5.74) is 1.90. The van der Waals surface area contributed by atoms with Crippen LogP contribution in [0.5, 0.6) is 0 Å². The van der Waals surface area contributed by atoms with Gasteiger partial charge < -0.3 is 5.32 Å². The molecule has 0 saturated heterocycles. The Morgan fingerprint density at radius 1 is 1.29 bits per heavy atom. The van der Waals surface area contributed by atoms with E-state index in [2.05, 4.69) is 24.4 Å². The molecule has 4 nitrogen and oxygen atoms in total. The van der Waals surface area contributed by atoms with E-state index in [1.807, 2.05) is 6.92 Å². The second-order valence-electron chi connectivity index (χ2n) is 6.40. The zero-order valence-corrected chi connectivity index (χ0v) is 13.2. The number of nitrogens with two attached hydrogens (primary N) is 1. The van der Waals surface area contributed by atoms with Crippen LogP contribution < -0.4 is 10.5 Å². The molecule has 3 N–H and O–H groups in total. The van der Waals surface area contributed by atoms with Gasteiger partial charge in [-0.25, -0.2) is 13.6 Å². The van der Waals surface area contributed by atoms with Crippen LogP contribution in [0, 0.1) is 24.7 Å². The van der Waals surface area contributed by atoms with Gasteiger partial charge >= 0.3 is 0 Å². The van der Waals surface area contributed by atoms with Crippen LogP contribution in [0.25, 0.3) is 0 Å². The number of aryl methyl sites for hydroxylation is 1. The van der Waals surface area contributed by atoms with E-state index in [-0.39, 0.29) is 4.90 Å². The summed E-state index contributed by atoms with van der Waals surface area (Å²) in [6, 6.07) is 5.32. The van der Waals surface area contributed by atoms with Crippen molar-refractivity contribution >= 4 is 15.7 Å². The molecule has 0 aromatic heterocycles. The molecule has 2 aliphatic rings. The van der Waals surface area contributed by atoms with E-state index in [0.717, 1.165) is 17.2 Å². The van der Waals surface area contributed by atoms with Gasteiger partial charge in [0.05, 0.1) is 4.90 Å². The second-order valence-corrected chi connectivity index (χ2v) is 7.96. The van der Waals surface area contributed by atoms with E-state index >= 15 is 0 Å². The molecule has 0 aliphatic heterocycles. The number of primary sulfonamides is 1. The number of sulfonamides is 1. The van der Waals surface area contributed by atoms with Crippen LogP contribution in [0.2, 0.25) is 0 Å². The molecule has 1 aromatic rings. The first-order valence-electron chi connectivity index (χ1n) is 7.43. The summed E-state index contributed by atoms with van der Waals surface area (Å²) in [5, 5.41) is 8.71. The fourth-order valence-corrected chi connectivity index (χ4v) is 4.22. The first-order chi connectivity index (χ1) is 9.84. The maximum atomic E-state index is 11.5. The highest BCUT2D eigenvalue weighted by Crippen LogP contribution is 2.45. The lowest BCUT2D eigenvalue weighted by Crippen LogP contribution is -2.29. The zero-order chi connectivity index (χ0) is 15.2. The van der Waals surface area contributed by atoms with E-state index in [0.29, 0.717) is 17.9 Å². The lowest BCUT2D eigenvalue weighted by molar-refractivity contribution is 0.399. The van der Waals surface area contributed by atoms with Crippen molar-refractivity contribution < 1.29 is 8.42 Å². The Hall–Kier alpha value is -1.33. The minimum atomic E-state index is -3.66. The van der Waals surface area contributed by atoms with Crippen LogP contribution in [0.15, 0.2) is 35.2 Å². The molecule has 1 aromatic carbocycles. The maximum Gasteiger partial charge on any atom is 0.238 e. The summed E-state index contributed by atoms with van der Waals surface area (Å²) in [4.78, 5) is 0.163. The first kappa shape index (κ1) is 14.6. The minimum absolute atomic E-state index is 0.163. The van der Waals surface area contributed by atoms with Gasteiger partial charge in [0.25, 0.3) is 0 Å². The number of hydrogen-bond donors (Lipinski definition) is 2. The molecule has 5 heteroatoms. The van der Waals surface area contributed by atoms with Gasteiger partial charge in [-0.1, -0.05) is 18.2 Å². The van der Waals surface area contributed by atoms with E-state index in [9.17, 15) is 8.42 Å². The maximum absolute atomic E-state index is 11.5. The number of nitrogens with one attached hydrogen (secondary N) is 1. The molecule has 4 atom stereocenters. The Kier molecular flexibility index (Phi) is 3.58. The monoisotopic (exact) mass is 306 g/mol. The lowest BCUT2D eigenvalue weighted by atomic mass is 9.87. The fourth-order valence-electron chi connectivity index (χ4n) is 3.68. The van der Waals surface area contributed by atoms with Crippen molar-refractivity contribution in [3.05, 3.63) is 35.9 Å². The van der Waals surface area contributed by atoms with Gasteiger partial charge in [0.2, 0.25) is 10.0 Å². The van der Waals surface area contributed by atoms with Gasteiger partial charge in [-0.2, -0.15) is 0 Å². The van der Waals surface area contributed by atoms with Crippen molar-refractivity contribution in [1.82, 2.24) is 0 Å². The third-order valence-electron chi connectivity index (χ3n) is 4.89. The van der Waals surface area contributed by atoms with Crippen molar-refractivity contribution in [2.45, 2.75) is 37.6 Å². The topological polar surface area (TPSA) is 72.2 Å². The number of anilines is 1. The molecule has 3 rings (SSSR count). The molecule has 114 valence electrons. The molecule has 0 amide bonds. The highest BCUT2D eigenvalue weighted by Gasteiger charge is 2.38. The highest BCUT2D eigenvalue weighted by atomic mass is 32.2.